The first kappa shape index (κ1) is 12.8. The molecule has 0 amide bonds. The van der Waals surface area contributed by atoms with Gasteiger partial charge in [-0.05, 0) is 31.9 Å². The standard InChI is InChI=1S/C14H20O2/c1-5-10(2)9-16-14-7-6-11(3)8-13(14)12(4)15/h6-8,10H,5,9H2,1-4H3. The van der Waals surface area contributed by atoms with Crippen LogP contribution in [-0.4, -0.2) is 12.4 Å². The van der Waals surface area contributed by atoms with Crippen LogP contribution in [0.3, 0.4) is 0 Å². The third-order valence-electron chi connectivity index (χ3n) is 2.73. The number of rotatable bonds is 5. The molecule has 1 rings (SSSR count). The van der Waals surface area contributed by atoms with Gasteiger partial charge in [-0.25, -0.2) is 0 Å². The SMILES string of the molecule is CCC(C)COc1ccc(C)cc1C(C)=O. The van der Waals surface area contributed by atoms with E-state index in [2.05, 4.69) is 13.8 Å². The van der Waals surface area contributed by atoms with Crippen molar-refractivity contribution in [1.82, 2.24) is 0 Å². The van der Waals surface area contributed by atoms with E-state index in [9.17, 15) is 4.79 Å². The van der Waals surface area contributed by atoms with Gasteiger partial charge in [0, 0.05) is 0 Å². The smallest absolute Gasteiger partial charge is 0.163 e. The van der Waals surface area contributed by atoms with Crippen molar-refractivity contribution in [3.63, 3.8) is 0 Å². The van der Waals surface area contributed by atoms with Gasteiger partial charge in [0.15, 0.2) is 5.78 Å². The number of Topliss-reactive ketones (excluding diaryl/α,β-unsaturated/α-hetero) is 1. The van der Waals surface area contributed by atoms with E-state index < -0.39 is 0 Å². The van der Waals surface area contributed by atoms with E-state index in [4.69, 9.17) is 4.74 Å². The average Bonchev–Trinajstić information content (AvgIpc) is 2.26. The summed E-state index contributed by atoms with van der Waals surface area (Å²) in [5.41, 5.74) is 1.77. The number of benzene rings is 1. The maximum atomic E-state index is 11.5. The van der Waals surface area contributed by atoms with Gasteiger partial charge in [-0.2, -0.15) is 0 Å². The zero-order chi connectivity index (χ0) is 12.1. The number of carbonyl (C=O) groups excluding carboxylic acids is 1. The van der Waals surface area contributed by atoms with E-state index in [1.54, 1.807) is 6.92 Å². The summed E-state index contributed by atoms with van der Waals surface area (Å²) in [4.78, 5) is 11.5. The van der Waals surface area contributed by atoms with Crippen LogP contribution in [0.5, 0.6) is 5.75 Å². The molecule has 0 saturated heterocycles. The molecule has 0 radical (unpaired) electrons. The quantitative estimate of drug-likeness (QED) is 0.708. The normalized spacial score (nSPS) is 12.2. The molecule has 1 aromatic rings. The van der Waals surface area contributed by atoms with Crippen molar-refractivity contribution in [3.05, 3.63) is 29.3 Å². The second-order valence-electron chi connectivity index (χ2n) is 4.38. The Bertz CT molecular complexity index is 369. The first-order chi connectivity index (χ1) is 7.54. The minimum absolute atomic E-state index is 0.0582. The highest BCUT2D eigenvalue weighted by Gasteiger charge is 2.09. The molecule has 0 saturated carbocycles. The fourth-order valence-corrected chi connectivity index (χ4v) is 1.39. The number of hydrogen-bond donors (Lipinski definition) is 0. The van der Waals surface area contributed by atoms with E-state index in [0.717, 1.165) is 12.0 Å². The number of carbonyl (C=O) groups is 1. The predicted octanol–water partition coefficient (Wildman–Crippen LogP) is 3.62. The molecule has 0 heterocycles. The lowest BCUT2D eigenvalue weighted by atomic mass is 10.1. The van der Waals surface area contributed by atoms with Crippen LogP contribution in [0.25, 0.3) is 0 Å². The Hall–Kier alpha value is -1.31. The largest absolute Gasteiger partial charge is 0.493 e. The zero-order valence-corrected chi connectivity index (χ0v) is 10.5. The fraction of sp³-hybridized carbons (Fsp3) is 0.500. The number of hydrogen-bond acceptors (Lipinski definition) is 2. The first-order valence-electron chi connectivity index (χ1n) is 5.79. The van der Waals surface area contributed by atoms with Crippen molar-refractivity contribution in [2.45, 2.75) is 34.1 Å². The summed E-state index contributed by atoms with van der Waals surface area (Å²) in [6.45, 7) is 8.49. The van der Waals surface area contributed by atoms with E-state index in [0.29, 0.717) is 23.8 Å². The Morgan fingerprint density at radius 2 is 2.12 bits per heavy atom. The summed E-state index contributed by atoms with van der Waals surface area (Å²) in [5.74, 6) is 1.28. The van der Waals surface area contributed by atoms with Gasteiger partial charge in [-0.3, -0.25) is 4.79 Å². The highest BCUT2D eigenvalue weighted by atomic mass is 16.5. The van der Waals surface area contributed by atoms with Crippen LogP contribution < -0.4 is 4.74 Å². The molecule has 88 valence electrons. The summed E-state index contributed by atoms with van der Waals surface area (Å²) in [7, 11) is 0. The predicted molar refractivity (Wildman–Crippen MR) is 66.1 cm³/mol. The van der Waals surface area contributed by atoms with Crippen LogP contribution in [-0.2, 0) is 0 Å². The molecule has 2 heteroatoms. The molecule has 0 bridgehead atoms. The minimum Gasteiger partial charge on any atom is -0.493 e. The van der Waals surface area contributed by atoms with E-state index in [1.807, 2.05) is 25.1 Å². The van der Waals surface area contributed by atoms with Gasteiger partial charge in [0.05, 0.1) is 12.2 Å². The molecule has 1 aromatic carbocycles. The van der Waals surface area contributed by atoms with Crippen molar-refractivity contribution in [2.75, 3.05) is 6.61 Å². The Labute approximate surface area is 97.6 Å². The monoisotopic (exact) mass is 220 g/mol. The first-order valence-corrected chi connectivity index (χ1v) is 5.79. The van der Waals surface area contributed by atoms with Crippen molar-refractivity contribution < 1.29 is 9.53 Å². The summed E-state index contributed by atoms with van der Waals surface area (Å²) >= 11 is 0. The molecule has 1 atom stereocenters. The van der Waals surface area contributed by atoms with Crippen molar-refractivity contribution in [3.8, 4) is 5.75 Å². The van der Waals surface area contributed by atoms with Crippen molar-refractivity contribution in [1.29, 1.82) is 0 Å². The summed E-state index contributed by atoms with van der Waals surface area (Å²) in [6, 6.07) is 5.74. The highest BCUT2D eigenvalue weighted by molar-refractivity contribution is 5.97. The Morgan fingerprint density at radius 3 is 2.69 bits per heavy atom. The van der Waals surface area contributed by atoms with E-state index >= 15 is 0 Å². The summed E-state index contributed by atoms with van der Waals surface area (Å²) in [5, 5.41) is 0. The van der Waals surface area contributed by atoms with Gasteiger partial charge >= 0.3 is 0 Å². The molecule has 0 aliphatic heterocycles. The lowest BCUT2D eigenvalue weighted by molar-refractivity contribution is 0.101. The summed E-state index contributed by atoms with van der Waals surface area (Å²) < 4.78 is 5.69. The lowest BCUT2D eigenvalue weighted by Gasteiger charge is -2.13. The van der Waals surface area contributed by atoms with Gasteiger partial charge in [0.2, 0.25) is 0 Å². The molecule has 0 fully saturated rings. The lowest BCUT2D eigenvalue weighted by Crippen LogP contribution is -2.09. The second kappa shape index (κ2) is 5.69. The average molecular weight is 220 g/mol. The van der Waals surface area contributed by atoms with E-state index in [-0.39, 0.29) is 5.78 Å². The van der Waals surface area contributed by atoms with Gasteiger partial charge < -0.3 is 4.74 Å². The van der Waals surface area contributed by atoms with Crippen LogP contribution in [0.1, 0.15) is 43.1 Å². The van der Waals surface area contributed by atoms with Crippen molar-refractivity contribution >= 4 is 5.78 Å². The number of aryl methyl sites for hydroxylation is 1. The van der Waals surface area contributed by atoms with Gasteiger partial charge in [-0.1, -0.05) is 31.9 Å². The molecular formula is C14H20O2. The van der Waals surface area contributed by atoms with Crippen LogP contribution in [0, 0.1) is 12.8 Å². The third kappa shape index (κ3) is 3.37. The van der Waals surface area contributed by atoms with E-state index in [1.165, 1.54) is 0 Å². The van der Waals surface area contributed by atoms with Crippen LogP contribution in [0.4, 0.5) is 0 Å². The molecule has 2 nitrogen and oxygen atoms in total. The molecular weight excluding hydrogens is 200 g/mol. The molecule has 0 N–H and O–H groups in total. The number of ether oxygens (including phenoxy) is 1. The topological polar surface area (TPSA) is 26.3 Å². The van der Waals surface area contributed by atoms with Crippen LogP contribution >= 0.6 is 0 Å². The Morgan fingerprint density at radius 1 is 1.44 bits per heavy atom. The molecule has 0 spiro atoms. The molecule has 1 unspecified atom stereocenters. The highest BCUT2D eigenvalue weighted by Crippen LogP contribution is 2.21. The number of ketones is 1. The maximum absolute atomic E-state index is 11.5. The molecule has 0 aliphatic rings. The second-order valence-corrected chi connectivity index (χ2v) is 4.38. The zero-order valence-electron chi connectivity index (χ0n) is 10.5. The maximum Gasteiger partial charge on any atom is 0.163 e. The van der Waals surface area contributed by atoms with Gasteiger partial charge in [-0.15, -0.1) is 0 Å². The van der Waals surface area contributed by atoms with Gasteiger partial charge in [0.1, 0.15) is 5.75 Å². The minimum atomic E-state index is 0.0582. The Balaban J connectivity index is 2.82. The third-order valence-corrected chi connectivity index (χ3v) is 2.73. The van der Waals surface area contributed by atoms with Crippen LogP contribution in [0.2, 0.25) is 0 Å². The fourth-order valence-electron chi connectivity index (χ4n) is 1.39. The molecule has 16 heavy (non-hydrogen) atoms. The molecule has 0 aliphatic carbocycles. The van der Waals surface area contributed by atoms with Crippen molar-refractivity contribution in [2.24, 2.45) is 5.92 Å². The molecule has 0 aromatic heterocycles. The Kier molecular flexibility index (Phi) is 4.53. The van der Waals surface area contributed by atoms with Gasteiger partial charge in [0.25, 0.3) is 0 Å². The van der Waals surface area contributed by atoms with Crippen LogP contribution in [0.15, 0.2) is 18.2 Å². The summed E-state index contributed by atoms with van der Waals surface area (Å²) in [6.07, 6.45) is 1.08.